The molecule has 0 amide bonds. The number of aldehydes is 2. The van der Waals surface area contributed by atoms with Crippen molar-refractivity contribution >= 4 is 12.6 Å². The van der Waals surface area contributed by atoms with Gasteiger partial charge in [0.2, 0.25) is 0 Å². The zero-order valence-corrected chi connectivity index (χ0v) is 12.2. The van der Waals surface area contributed by atoms with Crippen LogP contribution in [-0.2, 0) is 9.59 Å². The first-order valence-electron chi connectivity index (χ1n) is 7.86. The van der Waals surface area contributed by atoms with Crippen LogP contribution in [0.5, 0.6) is 0 Å². The minimum absolute atomic E-state index is 0.161. The summed E-state index contributed by atoms with van der Waals surface area (Å²) in [5.74, 6) is 0. The molecule has 1 atom stereocenters. The first-order valence-corrected chi connectivity index (χ1v) is 7.86. The molecule has 0 aliphatic heterocycles. The van der Waals surface area contributed by atoms with E-state index in [4.69, 9.17) is 0 Å². The van der Waals surface area contributed by atoms with Gasteiger partial charge in [-0.15, -0.1) is 0 Å². The molecule has 0 heterocycles. The second kappa shape index (κ2) is 15.4. The van der Waals surface area contributed by atoms with Gasteiger partial charge in [0.05, 0.1) is 6.10 Å². The fraction of sp³-hybridized carbons (Fsp3) is 0.875. The van der Waals surface area contributed by atoms with Crippen LogP contribution < -0.4 is 0 Å². The van der Waals surface area contributed by atoms with Crippen LogP contribution in [0.25, 0.3) is 0 Å². The number of hydrogen-bond acceptors (Lipinski definition) is 3. The highest BCUT2D eigenvalue weighted by Gasteiger charge is 2.03. The van der Waals surface area contributed by atoms with Crippen molar-refractivity contribution in [2.45, 2.75) is 89.6 Å². The number of aliphatic hydroxyl groups excluding tert-OH is 1. The maximum Gasteiger partial charge on any atom is 0.119 e. The summed E-state index contributed by atoms with van der Waals surface area (Å²) in [6, 6.07) is 0. The van der Waals surface area contributed by atoms with Crippen LogP contribution in [0.4, 0.5) is 0 Å². The largest absolute Gasteiger partial charge is 0.393 e. The minimum Gasteiger partial charge on any atom is -0.393 e. The first kappa shape index (κ1) is 18.3. The Morgan fingerprint density at radius 3 is 1.47 bits per heavy atom. The smallest absolute Gasteiger partial charge is 0.119 e. The van der Waals surface area contributed by atoms with E-state index in [1.54, 1.807) is 0 Å². The van der Waals surface area contributed by atoms with Gasteiger partial charge >= 0.3 is 0 Å². The number of carbonyl (C=O) groups is 2. The molecule has 0 aromatic rings. The number of aliphatic hydroxyl groups is 1. The van der Waals surface area contributed by atoms with Crippen molar-refractivity contribution in [2.24, 2.45) is 0 Å². The molecule has 0 saturated heterocycles. The Kier molecular flexibility index (Phi) is 14.8. The standard InChI is InChI=1S/C16H30O3/c17-14-10-6-3-1-2-4-8-12-16(19)13-9-5-7-11-15-18/h14-16,19H,1-13H2. The van der Waals surface area contributed by atoms with Crippen LogP contribution in [0.15, 0.2) is 0 Å². The van der Waals surface area contributed by atoms with Gasteiger partial charge in [-0.3, -0.25) is 0 Å². The predicted octanol–water partition coefficient (Wildman–Crippen LogP) is 3.82. The van der Waals surface area contributed by atoms with Crippen LogP contribution in [0.3, 0.4) is 0 Å². The average molecular weight is 270 g/mol. The van der Waals surface area contributed by atoms with Gasteiger partial charge in [0, 0.05) is 12.8 Å². The van der Waals surface area contributed by atoms with Gasteiger partial charge in [0.1, 0.15) is 12.6 Å². The fourth-order valence-electron chi connectivity index (χ4n) is 2.24. The van der Waals surface area contributed by atoms with Gasteiger partial charge in [-0.25, -0.2) is 0 Å². The lowest BCUT2D eigenvalue weighted by atomic mass is 10.0. The molecule has 0 aromatic carbocycles. The highest BCUT2D eigenvalue weighted by molar-refractivity contribution is 5.49. The number of hydrogen-bond donors (Lipinski definition) is 1. The topological polar surface area (TPSA) is 54.4 Å². The van der Waals surface area contributed by atoms with Crippen molar-refractivity contribution in [1.82, 2.24) is 0 Å². The molecule has 3 nitrogen and oxygen atoms in total. The van der Waals surface area contributed by atoms with Gasteiger partial charge in [-0.2, -0.15) is 0 Å². The van der Waals surface area contributed by atoms with Crippen LogP contribution in [0.2, 0.25) is 0 Å². The summed E-state index contributed by atoms with van der Waals surface area (Å²) in [4.78, 5) is 20.2. The second-order valence-corrected chi connectivity index (χ2v) is 5.32. The normalized spacial score (nSPS) is 12.3. The molecule has 0 radical (unpaired) electrons. The first-order chi connectivity index (χ1) is 9.31. The third-order valence-electron chi connectivity index (χ3n) is 3.47. The van der Waals surface area contributed by atoms with Crippen LogP contribution in [-0.4, -0.2) is 23.8 Å². The van der Waals surface area contributed by atoms with E-state index in [9.17, 15) is 14.7 Å². The predicted molar refractivity (Wildman–Crippen MR) is 78.2 cm³/mol. The molecule has 0 saturated carbocycles. The summed E-state index contributed by atoms with van der Waals surface area (Å²) < 4.78 is 0. The highest BCUT2D eigenvalue weighted by Crippen LogP contribution is 2.13. The van der Waals surface area contributed by atoms with Crippen molar-refractivity contribution in [3.8, 4) is 0 Å². The van der Waals surface area contributed by atoms with Crippen molar-refractivity contribution < 1.29 is 14.7 Å². The monoisotopic (exact) mass is 270 g/mol. The van der Waals surface area contributed by atoms with Crippen molar-refractivity contribution in [3.05, 3.63) is 0 Å². The number of carbonyl (C=O) groups excluding carboxylic acids is 2. The summed E-state index contributed by atoms with van der Waals surface area (Å²) in [7, 11) is 0. The Morgan fingerprint density at radius 2 is 1.00 bits per heavy atom. The quantitative estimate of drug-likeness (QED) is 0.363. The summed E-state index contributed by atoms with van der Waals surface area (Å²) >= 11 is 0. The second-order valence-electron chi connectivity index (χ2n) is 5.32. The molecule has 0 bridgehead atoms. The van der Waals surface area contributed by atoms with Gasteiger partial charge in [0.25, 0.3) is 0 Å². The third-order valence-corrected chi connectivity index (χ3v) is 3.47. The van der Waals surface area contributed by atoms with E-state index < -0.39 is 0 Å². The van der Waals surface area contributed by atoms with E-state index in [2.05, 4.69) is 0 Å². The molecular formula is C16H30O3. The molecule has 1 unspecified atom stereocenters. The summed E-state index contributed by atoms with van der Waals surface area (Å²) in [6.07, 6.45) is 14.8. The molecule has 0 fully saturated rings. The Balaban J connectivity index is 3.13. The van der Waals surface area contributed by atoms with E-state index in [0.29, 0.717) is 12.8 Å². The maximum absolute atomic E-state index is 10.1. The SMILES string of the molecule is O=CCCCCCCCCC(O)CCCCCC=O. The van der Waals surface area contributed by atoms with E-state index in [1.807, 2.05) is 0 Å². The zero-order valence-electron chi connectivity index (χ0n) is 12.2. The molecular weight excluding hydrogens is 240 g/mol. The van der Waals surface area contributed by atoms with Crippen LogP contribution in [0, 0.1) is 0 Å². The lowest BCUT2D eigenvalue weighted by Gasteiger charge is -2.09. The molecule has 112 valence electrons. The summed E-state index contributed by atoms with van der Waals surface area (Å²) in [5.41, 5.74) is 0. The summed E-state index contributed by atoms with van der Waals surface area (Å²) in [6.45, 7) is 0. The average Bonchev–Trinajstić information content (AvgIpc) is 2.41. The molecule has 1 N–H and O–H groups in total. The number of unbranched alkanes of at least 4 members (excludes halogenated alkanes) is 9. The Morgan fingerprint density at radius 1 is 0.632 bits per heavy atom. The van der Waals surface area contributed by atoms with Crippen LogP contribution in [0.1, 0.15) is 83.5 Å². The minimum atomic E-state index is -0.161. The molecule has 0 spiro atoms. The third kappa shape index (κ3) is 15.2. The van der Waals surface area contributed by atoms with E-state index in [0.717, 1.165) is 63.9 Å². The Bertz CT molecular complexity index is 204. The van der Waals surface area contributed by atoms with Crippen molar-refractivity contribution in [2.75, 3.05) is 0 Å². The van der Waals surface area contributed by atoms with Gasteiger partial charge < -0.3 is 14.7 Å². The van der Waals surface area contributed by atoms with E-state index in [-0.39, 0.29) is 6.10 Å². The molecule has 0 aromatic heterocycles. The van der Waals surface area contributed by atoms with E-state index >= 15 is 0 Å². The van der Waals surface area contributed by atoms with Gasteiger partial charge in [0.15, 0.2) is 0 Å². The molecule has 19 heavy (non-hydrogen) atoms. The van der Waals surface area contributed by atoms with Gasteiger partial charge in [-0.05, 0) is 25.7 Å². The molecule has 0 aliphatic rings. The van der Waals surface area contributed by atoms with Crippen molar-refractivity contribution in [1.29, 1.82) is 0 Å². The van der Waals surface area contributed by atoms with Crippen molar-refractivity contribution in [3.63, 3.8) is 0 Å². The fourth-order valence-corrected chi connectivity index (χ4v) is 2.24. The number of rotatable bonds is 15. The molecule has 3 heteroatoms. The highest BCUT2D eigenvalue weighted by atomic mass is 16.3. The van der Waals surface area contributed by atoms with Gasteiger partial charge in [-0.1, -0.05) is 44.9 Å². The van der Waals surface area contributed by atoms with Crippen LogP contribution >= 0.6 is 0 Å². The summed E-state index contributed by atoms with van der Waals surface area (Å²) in [5, 5.41) is 9.77. The maximum atomic E-state index is 10.1. The zero-order chi connectivity index (χ0) is 14.2. The Hall–Kier alpha value is -0.700. The lowest BCUT2D eigenvalue weighted by Crippen LogP contribution is -2.05. The lowest BCUT2D eigenvalue weighted by molar-refractivity contribution is -0.108. The van der Waals surface area contributed by atoms with E-state index in [1.165, 1.54) is 19.3 Å². The molecule has 0 aliphatic carbocycles. The Labute approximate surface area is 117 Å². The molecule has 0 rings (SSSR count).